The number of nitrogens with zero attached hydrogens (tertiary/aromatic N) is 5. The van der Waals surface area contributed by atoms with E-state index in [0.717, 1.165) is 37.6 Å². The molecule has 0 bridgehead atoms. The lowest BCUT2D eigenvalue weighted by Gasteiger charge is -2.33. The van der Waals surface area contributed by atoms with Crippen LogP contribution in [0.3, 0.4) is 0 Å². The maximum atomic E-state index is 13.4. The van der Waals surface area contributed by atoms with Crippen LogP contribution in [0.5, 0.6) is 0 Å². The van der Waals surface area contributed by atoms with Crippen LogP contribution >= 0.6 is 0 Å². The Bertz CT molecular complexity index is 971. The molecule has 1 saturated heterocycles. The second-order valence-corrected chi connectivity index (χ2v) is 7.42. The molecule has 0 spiro atoms. The zero-order chi connectivity index (χ0) is 20.9. The molecule has 4 rings (SSSR count). The number of halogens is 1. The lowest BCUT2D eigenvalue weighted by molar-refractivity contribution is 0.0984. The van der Waals surface area contributed by atoms with Crippen LogP contribution in [0.1, 0.15) is 15.9 Å². The molecule has 0 N–H and O–H groups in total. The van der Waals surface area contributed by atoms with Crippen LogP contribution in [0.4, 0.5) is 15.9 Å². The monoisotopic (exact) mass is 405 g/mol. The fourth-order valence-corrected chi connectivity index (χ4v) is 3.46. The van der Waals surface area contributed by atoms with Gasteiger partial charge in [-0.2, -0.15) is 0 Å². The van der Waals surface area contributed by atoms with E-state index in [9.17, 15) is 9.18 Å². The number of carbonyl (C=O) groups is 1. The summed E-state index contributed by atoms with van der Waals surface area (Å²) in [5.41, 5.74) is 1.99. The number of piperazine rings is 1. The molecule has 0 aliphatic carbocycles. The first kappa shape index (κ1) is 20.0. The third-order valence-electron chi connectivity index (χ3n) is 5.27. The molecule has 1 aliphatic heterocycles. The molecule has 1 aliphatic rings. The fraction of sp³-hybridized carbons (Fsp3) is 0.261. The first-order valence-corrected chi connectivity index (χ1v) is 9.96. The van der Waals surface area contributed by atoms with Crippen LogP contribution in [-0.4, -0.2) is 54.0 Å². The van der Waals surface area contributed by atoms with Gasteiger partial charge in [-0.15, -0.1) is 0 Å². The van der Waals surface area contributed by atoms with Gasteiger partial charge in [0.2, 0.25) is 0 Å². The van der Waals surface area contributed by atoms with Gasteiger partial charge in [-0.3, -0.25) is 9.78 Å². The summed E-state index contributed by atoms with van der Waals surface area (Å²) in [7, 11) is 2.12. The number of pyridine rings is 2. The minimum absolute atomic E-state index is 0.196. The Balaban J connectivity index is 1.55. The van der Waals surface area contributed by atoms with Gasteiger partial charge in [-0.1, -0.05) is 6.07 Å². The van der Waals surface area contributed by atoms with E-state index in [0.29, 0.717) is 17.8 Å². The molecule has 1 amide bonds. The maximum Gasteiger partial charge on any atom is 0.260 e. The van der Waals surface area contributed by atoms with Crippen molar-refractivity contribution in [2.45, 2.75) is 6.54 Å². The summed E-state index contributed by atoms with van der Waals surface area (Å²) in [5, 5.41) is 0. The molecule has 1 aromatic carbocycles. The Labute approximate surface area is 175 Å². The normalized spacial score (nSPS) is 14.5. The summed E-state index contributed by atoms with van der Waals surface area (Å²) in [5.74, 6) is 0.405. The van der Waals surface area contributed by atoms with E-state index < -0.39 is 0 Å². The van der Waals surface area contributed by atoms with E-state index in [1.807, 2.05) is 12.1 Å². The average Bonchev–Trinajstić information content (AvgIpc) is 2.79. The van der Waals surface area contributed by atoms with Gasteiger partial charge >= 0.3 is 0 Å². The molecule has 7 heteroatoms. The fourth-order valence-electron chi connectivity index (χ4n) is 3.46. The van der Waals surface area contributed by atoms with E-state index in [-0.39, 0.29) is 11.7 Å². The molecule has 1 fully saturated rings. The van der Waals surface area contributed by atoms with Crippen molar-refractivity contribution in [3.63, 3.8) is 0 Å². The lowest BCUT2D eigenvalue weighted by atomic mass is 10.1. The second kappa shape index (κ2) is 9.00. The third-order valence-corrected chi connectivity index (χ3v) is 5.27. The lowest BCUT2D eigenvalue weighted by Crippen LogP contribution is -2.44. The summed E-state index contributed by atoms with van der Waals surface area (Å²) in [6, 6.07) is 13.4. The molecule has 30 heavy (non-hydrogen) atoms. The molecule has 2 aromatic heterocycles. The minimum atomic E-state index is -0.342. The first-order chi connectivity index (χ1) is 14.6. The topological polar surface area (TPSA) is 52.6 Å². The summed E-state index contributed by atoms with van der Waals surface area (Å²) in [6.07, 6.45) is 4.97. The predicted molar refractivity (Wildman–Crippen MR) is 115 cm³/mol. The van der Waals surface area contributed by atoms with Crippen LogP contribution in [0.25, 0.3) is 0 Å². The average molecular weight is 405 g/mol. The van der Waals surface area contributed by atoms with Crippen molar-refractivity contribution in [2.24, 2.45) is 0 Å². The van der Waals surface area contributed by atoms with Gasteiger partial charge in [0.05, 0.1) is 12.1 Å². The van der Waals surface area contributed by atoms with E-state index in [1.54, 1.807) is 41.6 Å². The zero-order valence-electron chi connectivity index (χ0n) is 16.9. The summed E-state index contributed by atoms with van der Waals surface area (Å²) >= 11 is 0. The van der Waals surface area contributed by atoms with E-state index >= 15 is 0 Å². The Morgan fingerprint density at radius 2 is 1.80 bits per heavy atom. The van der Waals surface area contributed by atoms with Crippen LogP contribution in [0, 0.1) is 5.82 Å². The van der Waals surface area contributed by atoms with Gasteiger partial charge in [0.25, 0.3) is 5.91 Å². The zero-order valence-corrected chi connectivity index (χ0v) is 16.9. The number of carbonyl (C=O) groups excluding carboxylic acids is 1. The smallest absolute Gasteiger partial charge is 0.260 e. The number of rotatable bonds is 5. The number of amides is 1. The molecule has 154 valence electrons. The molecule has 0 atom stereocenters. The highest BCUT2D eigenvalue weighted by molar-refractivity contribution is 6.05. The Kier molecular flexibility index (Phi) is 5.99. The second-order valence-electron chi connectivity index (χ2n) is 7.42. The molecular formula is C23H24FN5O. The van der Waals surface area contributed by atoms with Crippen molar-refractivity contribution in [3.05, 3.63) is 84.1 Å². The summed E-state index contributed by atoms with van der Waals surface area (Å²) in [6.45, 7) is 4.26. The number of hydrogen-bond donors (Lipinski definition) is 0. The summed E-state index contributed by atoms with van der Waals surface area (Å²) < 4.78 is 13.4. The number of aromatic nitrogens is 2. The Morgan fingerprint density at radius 3 is 2.43 bits per heavy atom. The van der Waals surface area contributed by atoms with Gasteiger partial charge in [-0.05, 0) is 55.1 Å². The van der Waals surface area contributed by atoms with E-state index in [2.05, 4.69) is 26.8 Å². The van der Waals surface area contributed by atoms with Crippen LogP contribution in [0.2, 0.25) is 0 Å². The van der Waals surface area contributed by atoms with Gasteiger partial charge in [0.15, 0.2) is 0 Å². The quantitative estimate of drug-likeness (QED) is 0.653. The van der Waals surface area contributed by atoms with Crippen molar-refractivity contribution in [1.82, 2.24) is 14.9 Å². The largest absolute Gasteiger partial charge is 0.354 e. The number of anilines is 2. The highest BCUT2D eigenvalue weighted by Gasteiger charge is 2.20. The van der Waals surface area contributed by atoms with Crippen LogP contribution in [0.15, 0.2) is 67.1 Å². The van der Waals surface area contributed by atoms with E-state index in [4.69, 9.17) is 0 Å². The van der Waals surface area contributed by atoms with Gasteiger partial charge in [0.1, 0.15) is 11.6 Å². The summed E-state index contributed by atoms with van der Waals surface area (Å²) in [4.78, 5) is 28.0. The molecule has 0 unspecified atom stereocenters. The molecule has 6 nitrogen and oxygen atoms in total. The molecular weight excluding hydrogens is 381 g/mol. The van der Waals surface area contributed by atoms with Gasteiger partial charge in [-0.25, -0.2) is 9.37 Å². The molecule has 3 aromatic rings. The number of benzene rings is 1. The van der Waals surface area contributed by atoms with Gasteiger partial charge in [0, 0.05) is 50.5 Å². The maximum absolute atomic E-state index is 13.4. The minimum Gasteiger partial charge on any atom is -0.354 e. The Hall–Kier alpha value is -3.32. The number of hydrogen-bond acceptors (Lipinski definition) is 5. The highest BCUT2D eigenvalue weighted by atomic mass is 19.1. The third kappa shape index (κ3) is 4.63. The van der Waals surface area contributed by atoms with Crippen molar-refractivity contribution >= 4 is 17.4 Å². The molecule has 3 heterocycles. The van der Waals surface area contributed by atoms with Crippen molar-refractivity contribution < 1.29 is 9.18 Å². The first-order valence-electron chi connectivity index (χ1n) is 9.96. The van der Waals surface area contributed by atoms with Crippen molar-refractivity contribution in [2.75, 3.05) is 43.0 Å². The van der Waals surface area contributed by atoms with Gasteiger partial charge < -0.3 is 14.7 Å². The molecule has 0 saturated carbocycles. The number of likely N-dealkylation sites (N-methyl/N-ethyl adjacent to an activating group) is 1. The molecule has 0 radical (unpaired) electrons. The highest BCUT2D eigenvalue weighted by Crippen LogP contribution is 2.22. The standard InChI is InChI=1S/C23H24FN5O/c1-27-11-13-28(14-12-27)22-9-4-18(15-26-22)17-29(21-7-5-20(24)6-8-21)23(30)19-3-2-10-25-16-19/h2-10,15-16H,11-14,17H2,1H3. The van der Waals surface area contributed by atoms with Crippen molar-refractivity contribution in [1.29, 1.82) is 0 Å². The SMILES string of the molecule is CN1CCN(c2ccc(CN(C(=O)c3cccnc3)c3ccc(F)cc3)cn2)CC1. The predicted octanol–water partition coefficient (Wildman–Crippen LogP) is 3.21. The van der Waals surface area contributed by atoms with Crippen molar-refractivity contribution in [3.8, 4) is 0 Å². The van der Waals surface area contributed by atoms with E-state index in [1.165, 1.54) is 18.3 Å². The Morgan fingerprint density at radius 1 is 1.03 bits per heavy atom. The van der Waals surface area contributed by atoms with Crippen LogP contribution in [-0.2, 0) is 6.54 Å². The van der Waals surface area contributed by atoms with Crippen LogP contribution < -0.4 is 9.80 Å².